The number of alkyl halides is 4. The summed E-state index contributed by atoms with van der Waals surface area (Å²) in [4.78, 5) is 95.0. The summed E-state index contributed by atoms with van der Waals surface area (Å²) in [6.07, 6.45) is -3.11. The van der Waals surface area contributed by atoms with Gasteiger partial charge in [-0.15, -0.1) is 24.5 Å². The number of hydrogen-bond donors (Lipinski definition) is 5. The van der Waals surface area contributed by atoms with Crippen LogP contribution in [-0.2, 0) is 57.7 Å². The van der Waals surface area contributed by atoms with Crippen LogP contribution in [0.4, 0.5) is 17.6 Å². The van der Waals surface area contributed by atoms with E-state index in [4.69, 9.17) is 24.7 Å². The number of carbonyl (C=O) groups is 6. The number of thiazole rings is 1. The SMILES string of the molecule is Cc1ncsc1-c1ccc(CNC(=O)[C@@H]2C[C@@H](O)CN2C(=O)[C@@H](NC(=O)CCOCCOCCOCCNC(=O)CCCn2cnc(-c3cnc(O[C@@H]4CCN(C(=O)Cc5ccc(OC(F)(F)F)cc5)C[C@H]4F)c(C(N)=O)c3)c2)C(C)(C)C)cc1. The second-order valence-electron chi connectivity index (χ2n) is 21.6. The molecule has 0 spiro atoms. The Labute approximate surface area is 493 Å². The number of nitrogens with two attached hydrogens (primary N) is 1. The van der Waals surface area contributed by atoms with Gasteiger partial charge >= 0.3 is 6.36 Å². The standard InChI is InChI=1S/C58H72F4N10O12S/c1-36-51(85-35-68-36)39-11-7-38(8-12-39)29-65-54(78)46-28-41(73)31-72(46)56(79)52(57(2,3)4)69-49(75)16-20-80-22-24-82-25-23-81-21-17-64-48(74)6-5-18-70-33-45(67-34-70)40-27-43(53(63)77)55(66-30-40)83-47-15-19-71(32-44(47)59)50(76)26-37-9-13-42(14-10-37)84-58(60,61)62/h7-14,27,30,33-35,41,44,46-47,52,73H,5-6,15-26,28-29,31-32H2,1-4H3,(H2,63,77)(H,64,74)(H,65,78)(H,69,75)/t41-,44-,46+,47-,52-/m1/s1. The van der Waals surface area contributed by atoms with Crippen LogP contribution in [0.15, 0.2) is 78.8 Å². The van der Waals surface area contributed by atoms with Crippen LogP contribution in [0.2, 0.25) is 0 Å². The average Bonchev–Trinajstić information content (AvgIpc) is 2.87. The van der Waals surface area contributed by atoms with Crippen molar-refractivity contribution in [2.75, 3.05) is 65.8 Å². The molecule has 27 heteroatoms. The topological polar surface area (TPSA) is 281 Å². The lowest BCUT2D eigenvalue weighted by Gasteiger charge is -2.35. The predicted octanol–water partition coefficient (Wildman–Crippen LogP) is 5.08. The zero-order valence-electron chi connectivity index (χ0n) is 47.7. The highest BCUT2D eigenvalue weighted by molar-refractivity contribution is 7.13. The normalized spacial score (nSPS) is 17.5. The zero-order valence-corrected chi connectivity index (χ0v) is 48.6. The van der Waals surface area contributed by atoms with Crippen LogP contribution in [-0.4, -0.2) is 173 Å². The van der Waals surface area contributed by atoms with Gasteiger partial charge in [-0.2, -0.15) is 0 Å². The summed E-state index contributed by atoms with van der Waals surface area (Å²) in [5.41, 5.74) is 10.8. The molecule has 2 saturated heterocycles. The number of aliphatic hydroxyl groups excluding tert-OH is 1. The largest absolute Gasteiger partial charge is 0.573 e. The number of aromatic nitrogens is 4. The molecule has 85 heavy (non-hydrogen) atoms. The average molecular weight is 1210 g/mol. The Hall–Kier alpha value is -7.59. The van der Waals surface area contributed by atoms with Crippen LogP contribution in [0, 0.1) is 12.3 Å². The summed E-state index contributed by atoms with van der Waals surface area (Å²) in [6, 6.07) is 12.2. The molecule has 3 aromatic heterocycles. The second kappa shape index (κ2) is 30.5. The quantitative estimate of drug-likeness (QED) is 0.0308. The summed E-state index contributed by atoms with van der Waals surface area (Å²) >= 11 is 1.56. The van der Waals surface area contributed by atoms with Crippen LogP contribution in [0.1, 0.15) is 80.1 Å². The van der Waals surface area contributed by atoms with Crippen LogP contribution < -0.4 is 31.2 Å². The molecular weight excluding hydrogens is 1140 g/mol. The van der Waals surface area contributed by atoms with Gasteiger partial charge in [-0.3, -0.25) is 28.8 Å². The lowest BCUT2D eigenvalue weighted by Crippen LogP contribution is -2.57. The molecule has 2 aliphatic rings. The minimum absolute atomic E-state index is 0.0226. The summed E-state index contributed by atoms with van der Waals surface area (Å²) < 4.78 is 81.0. The maximum absolute atomic E-state index is 15.4. The van der Waals surface area contributed by atoms with Gasteiger partial charge in [0.2, 0.25) is 35.4 Å². The number of pyridine rings is 1. The van der Waals surface area contributed by atoms with Crippen molar-refractivity contribution < 1.29 is 75.1 Å². The number of carbonyl (C=O) groups excluding carboxylic acids is 6. The van der Waals surface area contributed by atoms with E-state index >= 15 is 4.39 Å². The molecule has 0 radical (unpaired) electrons. The number of benzene rings is 2. The second-order valence-corrected chi connectivity index (χ2v) is 22.4. The van der Waals surface area contributed by atoms with E-state index in [0.29, 0.717) is 29.8 Å². The number of rotatable bonds is 29. The number of primary amides is 1. The number of halogens is 4. The molecule has 22 nitrogen and oxygen atoms in total. The van der Waals surface area contributed by atoms with Crippen molar-refractivity contribution in [2.45, 2.75) is 116 Å². The van der Waals surface area contributed by atoms with Crippen LogP contribution in [0.3, 0.4) is 0 Å². The van der Waals surface area contributed by atoms with E-state index < -0.39 is 77.5 Å². The smallest absolute Gasteiger partial charge is 0.471 e. The third-order valence-electron chi connectivity index (χ3n) is 14.0. The maximum atomic E-state index is 15.4. The predicted molar refractivity (Wildman–Crippen MR) is 302 cm³/mol. The number of nitrogens with zero attached hydrogens (tertiary/aromatic N) is 6. The highest BCUT2D eigenvalue weighted by atomic mass is 32.1. The number of hydrogen-bond acceptors (Lipinski definition) is 16. The Bertz CT molecular complexity index is 3050. The molecule has 2 aromatic carbocycles. The highest BCUT2D eigenvalue weighted by Crippen LogP contribution is 2.31. The van der Waals surface area contributed by atoms with Gasteiger partial charge < -0.3 is 64.8 Å². The Kier molecular flexibility index (Phi) is 23.3. The maximum Gasteiger partial charge on any atom is 0.573 e. The first-order chi connectivity index (χ1) is 40.5. The number of likely N-dealkylation sites (tertiary alicyclic amines) is 2. The summed E-state index contributed by atoms with van der Waals surface area (Å²) in [5, 5.41) is 19.1. The van der Waals surface area contributed by atoms with Gasteiger partial charge in [-0.05, 0) is 53.6 Å². The molecule has 5 atom stereocenters. The Balaban J connectivity index is 0.715. The van der Waals surface area contributed by atoms with Crippen LogP contribution >= 0.6 is 11.3 Å². The van der Waals surface area contributed by atoms with Crippen molar-refractivity contribution in [3.63, 3.8) is 0 Å². The van der Waals surface area contributed by atoms with Crippen molar-refractivity contribution >= 4 is 46.8 Å². The molecule has 7 rings (SSSR count). The van der Waals surface area contributed by atoms with E-state index in [0.717, 1.165) is 33.8 Å². The first-order valence-corrected chi connectivity index (χ1v) is 28.7. The third-order valence-corrected chi connectivity index (χ3v) is 15.0. The van der Waals surface area contributed by atoms with Crippen LogP contribution in [0.25, 0.3) is 21.7 Å². The van der Waals surface area contributed by atoms with E-state index in [9.17, 15) is 47.0 Å². The van der Waals surface area contributed by atoms with Gasteiger partial charge in [-0.1, -0.05) is 57.2 Å². The van der Waals surface area contributed by atoms with Crippen molar-refractivity contribution in [3.8, 4) is 33.3 Å². The first-order valence-electron chi connectivity index (χ1n) is 27.8. The minimum Gasteiger partial charge on any atom is -0.471 e. The zero-order chi connectivity index (χ0) is 61.3. The van der Waals surface area contributed by atoms with Gasteiger partial charge in [0.1, 0.15) is 29.5 Å². The first kappa shape index (κ1) is 65.0. The number of ether oxygens (including phenoxy) is 5. The third kappa shape index (κ3) is 19.7. The number of imidazole rings is 1. The van der Waals surface area contributed by atoms with Gasteiger partial charge in [0.05, 0.1) is 86.8 Å². The van der Waals surface area contributed by atoms with Crippen molar-refractivity contribution in [1.29, 1.82) is 0 Å². The van der Waals surface area contributed by atoms with Crippen molar-refractivity contribution in [3.05, 3.63) is 101 Å². The number of nitrogens with one attached hydrogen (secondary N) is 3. The van der Waals surface area contributed by atoms with E-state index in [2.05, 4.69) is 35.6 Å². The molecule has 2 aliphatic heterocycles. The van der Waals surface area contributed by atoms with Gasteiger partial charge in [0.25, 0.3) is 5.91 Å². The molecule has 5 heterocycles. The molecule has 460 valence electrons. The molecule has 2 fully saturated rings. The molecule has 0 bridgehead atoms. The molecule has 0 aliphatic carbocycles. The van der Waals surface area contributed by atoms with Gasteiger partial charge in [-0.25, -0.2) is 19.3 Å². The fraction of sp³-hybridized carbons (Fsp3) is 0.500. The van der Waals surface area contributed by atoms with Gasteiger partial charge in [0.15, 0.2) is 6.17 Å². The number of aryl methyl sites for hydroxylation is 2. The highest BCUT2D eigenvalue weighted by Gasteiger charge is 2.44. The summed E-state index contributed by atoms with van der Waals surface area (Å²) in [6.45, 7) is 9.46. The number of amides is 6. The monoisotopic (exact) mass is 1210 g/mol. The fourth-order valence-electron chi connectivity index (χ4n) is 9.47. The Morgan fingerprint density at radius 1 is 0.847 bits per heavy atom. The van der Waals surface area contributed by atoms with Crippen molar-refractivity contribution in [1.82, 2.24) is 45.3 Å². The summed E-state index contributed by atoms with van der Waals surface area (Å²) in [7, 11) is 0. The van der Waals surface area contributed by atoms with Crippen molar-refractivity contribution in [2.24, 2.45) is 11.1 Å². The number of aliphatic hydroxyl groups is 1. The fourth-order valence-corrected chi connectivity index (χ4v) is 10.3. The lowest BCUT2D eigenvalue weighted by atomic mass is 9.85. The molecular formula is C58H72F4N10O12S. The van der Waals surface area contributed by atoms with E-state index in [1.54, 1.807) is 33.9 Å². The van der Waals surface area contributed by atoms with E-state index in [-0.39, 0.29) is 122 Å². The molecule has 6 amide bonds. The summed E-state index contributed by atoms with van der Waals surface area (Å²) in [5.74, 6) is -3.34. The van der Waals surface area contributed by atoms with Crippen LogP contribution in [0.5, 0.6) is 11.6 Å². The molecule has 0 unspecified atom stereocenters. The molecule has 6 N–H and O–H groups in total. The minimum atomic E-state index is -4.85. The van der Waals surface area contributed by atoms with Gasteiger partial charge in [0, 0.05) is 76.4 Å². The Morgan fingerprint density at radius 3 is 2.20 bits per heavy atom. The number of piperidine rings is 1. The molecule has 5 aromatic rings. The molecule has 0 saturated carbocycles. The number of β-amino-alcohol motifs (C(OH)–C–C–N with tert-alkyl or cyclic N) is 1. The lowest BCUT2D eigenvalue weighted by molar-refractivity contribution is -0.274. The van der Waals surface area contributed by atoms with E-state index in [1.165, 1.54) is 34.2 Å². The van der Waals surface area contributed by atoms with E-state index in [1.807, 2.05) is 52.0 Å². The Morgan fingerprint density at radius 2 is 1.54 bits per heavy atom.